The Morgan fingerprint density at radius 3 is 2.12 bits per heavy atom. The summed E-state index contributed by atoms with van der Waals surface area (Å²) in [5.74, 6) is -0.713. The maximum atomic E-state index is 11.6. The SMILES string of the molecule is O=C(O)C(c1ccccc1)N1C2CCC1CC2. The summed E-state index contributed by atoms with van der Waals surface area (Å²) < 4.78 is 0. The van der Waals surface area contributed by atoms with Gasteiger partial charge >= 0.3 is 5.97 Å². The van der Waals surface area contributed by atoms with Gasteiger partial charge in [-0.3, -0.25) is 9.69 Å². The van der Waals surface area contributed by atoms with Crippen molar-refractivity contribution in [3.8, 4) is 0 Å². The van der Waals surface area contributed by atoms with E-state index in [1.165, 1.54) is 25.7 Å². The minimum atomic E-state index is -0.713. The summed E-state index contributed by atoms with van der Waals surface area (Å²) in [6.07, 6.45) is 4.67. The predicted molar refractivity (Wildman–Crippen MR) is 64.7 cm³/mol. The second-order valence-corrected chi connectivity index (χ2v) is 5.06. The van der Waals surface area contributed by atoms with Crippen molar-refractivity contribution in [3.63, 3.8) is 0 Å². The van der Waals surface area contributed by atoms with Crippen molar-refractivity contribution in [2.24, 2.45) is 0 Å². The Hall–Kier alpha value is -1.35. The fraction of sp³-hybridized carbons (Fsp3) is 0.500. The van der Waals surface area contributed by atoms with Crippen LogP contribution in [0.2, 0.25) is 0 Å². The number of nitrogens with zero attached hydrogens (tertiary/aromatic N) is 1. The van der Waals surface area contributed by atoms with Gasteiger partial charge in [0.1, 0.15) is 6.04 Å². The van der Waals surface area contributed by atoms with Crippen molar-refractivity contribution in [1.29, 1.82) is 0 Å². The molecule has 0 spiro atoms. The molecule has 2 fully saturated rings. The van der Waals surface area contributed by atoms with Gasteiger partial charge in [0.2, 0.25) is 0 Å². The Labute approximate surface area is 101 Å². The third-order valence-corrected chi connectivity index (χ3v) is 4.16. The van der Waals surface area contributed by atoms with E-state index in [1.807, 2.05) is 30.3 Å². The first-order valence-electron chi connectivity index (χ1n) is 6.32. The van der Waals surface area contributed by atoms with E-state index in [0.29, 0.717) is 12.1 Å². The lowest BCUT2D eigenvalue weighted by Crippen LogP contribution is -2.37. The molecule has 1 N–H and O–H groups in total. The number of hydrogen-bond donors (Lipinski definition) is 1. The molecule has 3 rings (SSSR count). The molecule has 17 heavy (non-hydrogen) atoms. The van der Waals surface area contributed by atoms with Crippen LogP contribution in [0.15, 0.2) is 30.3 Å². The van der Waals surface area contributed by atoms with E-state index < -0.39 is 12.0 Å². The number of carboxylic acids is 1. The van der Waals surface area contributed by atoms with E-state index in [-0.39, 0.29) is 0 Å². The van der Waals surface area contributed by atoms with Crippen molar-refractivity contribution < 1.29 is 9.90 Å². The Morgan fingerprint density at radius 2 is 1.65 bits per heavy atom. The molecule has 0 aliphatic carbocycles. The van der Waals surface area contributed by atoms with Gasteiger partial charge in [-0.05, 0) is 31.2 Å². The monoisotopic (exact) mass is 231 g/mol. The van der Waals surface area contributed by atoms with E-state index in [4.69, 9.17) is 0 Å². The van der Waals surface area contributed by atoms with Crippen LogP contribution in [0.5, 0.6) is 0 Å². The summed E-state index contributed by atoms with van der Waals surface area (Å²) in [6.45, 7) is 0. The maximum Gasteiger partial charge on any atom is 0.325 e. The standard InChI is InChI=1S/C14H17NO2/c16-14(17)13(10-4-2-1-3-5-10)15-11-6-7-12(15)9-8-11/h1-5,11-13H,6-9H2,(H,16,17). The van der Waals surface area contributed by atoms with Crippen molar-refractivity contribution in [2.45, 2.75) is 43.8 Å². The lowest BCUT2D eigenvalue weighted by molar-refractivity contribution is -0.144. The molecule has 90 valence electrons. The molecule has 3 heteroatoms. The molecule has 2 heterocycles. The Balaban J connectivity index is 1.94. The highest BCUT2D eigenvalue weighted by Gasteiger charge is 2.45. The van der Waals surface area contributed by atoms with Gasteiger partial charge in [0.25, 0.3) is 0 Å². The van der Waals surface area contributed by atoms with Crippen molar-refractivity contribution >= 4 is 5.97 Å². The lowest BCUT2D eigenvalue weighted by atomic mass is 10.0. The fourth-order valence-electron chi connectivity index (χ4n) is 3.45. The number of fused-ring (bicyclic) bond motifs is 2. The van der Waals surface area contributed by atoms with Gasteiger partial charge in [-0.2, -0.15) is 0 Å². The molecule has 2 bridgehead atoms. The normalized spacial score (nSPS) is 29.4. The maximum absolute atomic E-state index is 11.6. The first-order valence-corrected chi connectivity index (χ1v) is 6.32. The molecule has 2 saturated heterocycles. The van der Waals surface area contributed by atoms with Crippen LogP contribution >= 0.6 is 0 Å². The fourth-order valence-corrected chi connectivity index (χ4v) is 3.45. The quantitative estimate of drug-likeness (QED) is 0.868. The number of carboxylic acid groups (broad SMARTS) is 1. The van der Waals surface area contributed by atoms with Crippen LogP contribution in [0.25, 0.3) is 0 Å². The van der Waals surface area contributed by atoms with Crippen LogP contribution in [0.4, 0.5) is 0 Å². The van der Waals surface area contributed by atoms with Gasteiger partial charge < -0.3 is 5.11 Å². The molecule has 1 unspecified atom stereocenters. The summed E-state index contributed by atoms with van der Waals surface area (Å²) in [6, 6.07) is 10.2. The van der Waals surface area contributed by atoms with E-state index in [0.717, 1.165) is 5.56 Å². The van der Waals surface area contributed by atoms with Crippen molar-refractivity contribution in [1.82, 2.24) is 4.90 Å². The summed E-state index contributed by atoms with van der Waals surface area (Å²) >= 11 is 0. The smallest absolute Gasteiger partial charge is 0.325 e. The molecule has 1 atom stereocenters. The highest BCUT2D eigenvalue weighted by Crippen LogP contribution is 2.43. The number of hydrogen-bond acceptors (Lipinski definition) is 2. The van der Waals surface area contributed by atoms with E-state index >= 15 is 0 Å². The molecule has 3 nitrogen and oxygen atoms in total. The molecular formula is C14H17NO2. The summed E-state index contributed by atoms with van der Waals surface area (Å²) in [7, 11) is 0. The molecule has 2 aliphatic heterocycles. The largest absolute Gasteiger partial charge is 0.480 e. The van der Waals surface area contributed by atoms with Crippen molar-refractivity contribution in [2.75, 3.05) is 0 Å². The summed E-state index contributed by atoms with van der Waals surface area (Å²) in [5.41, 5.74) is 0.916. The zero-order valence-electron chi connectivity index (χ0n) is 9.75. The molecule has 2 aliphatic rings. The molecular weight excluding hydrogens is 214 g/mol. The van der Waals surface area contributed by atoms with Gasteiger partial charge in [-0.1, -0.05) is 30.3 Å². The zero-order valence-corrected chi connectivity index (χ0v) is 9.75. The average molecular weight is 231 g/mol. The van der Waals surface area contributed by atoms with Crippen LogP contribution < -0.4 is 0 Å². The third kappa shape index (κ3) is 1.75. The molecule has 0 amide bonds. The molecule has 1 aromatic rings. The molecule has 0 radical (unpaired) electrons. The van der Waals surface area contributed by atoms with Gasteiger partial charge in [0.15, 0.2) is 0 Å². The van der Waals surface area contributed by atoms with Crippen LogP contribution in [0.3, 0.4) is 0 Å². The van der Waals surface area contributed by atoms with Crippen LogP contribution in [-0.2, 0) is 4.79 Å². The minimum Gasteiger partial charge on any atom is -0.480 e. The highest BCUT2D eigenvalue weighted by atomic mass is 16.4. The Morgan fingerprint density at radius 1 is 1.12 bits per heavy atom. The second-order valence-electron chi connectivity index (χ2n) is 5.06. The Bertz CT molecular complexity index is 397. The molecule has 1 aromatic carbocycles. The van der Waals surface area contributed by atoms with Crippen LogP contribution in [-0.4, -0.2) is 28.1 Å². The topological polar surface area (TPSA) is 40.5 Å². The van der Waals surface area contributed by atoms with E-state index in [2.05, 4.69) is 4.90 Å². The van der Waals surface area contributed by atoms with Gasteiger partial charge in [-0.25, -0.2) is 0 Å². The molecule has 0 saturated carbocycles. The Kier molecular flexibility index (Phi) is 2.63. The van der Waals surface area contributed by atoms with E-state index in [1.54, 1.807) is 0 Å². The number of aliphatic carboxylic acids is 1. The number of benzene rings is 1. The third-order valence-electron chi connectivity index (χ3n) is 4.16. The minimum absolute atomic E-state index is 0.448. The predicted octanol–water partition coefficient (Wildman–Crippen LogP) is 2.44. The van der Waals surface area contributed by atoms with E-state index in [9.17, 15) is 9.90 Å². The second kappa shape index (κ2) is 4.15. The molecule has 0 aromatic heterocycles. The van der Waals surface area contributed by atoms with Gasteiger partial charge in [0.05, 0.1) is 0 Å². The summed E-state index contributed by atoms with van der Waals surface area (Å²) in [4.78, 5) is 13.8. The highest BCUT2D eigenvalue weighted by molar-refractivity contribution is 5.75. The first-order chi connectivity index (χ1) is 8.27. The van der Waals surface area contributed by atoms with Crippen LogP contribution in [0.1, 0.15) is 37.3 Å². The number of carbonyl (C=O) groups is 1. The summed E-state index contributed by atoms with van der Waals surface area (Å²) in [5, 5.41) is 9.51. The van der Waals surface area contributed by atoms with Gasteiger partial charge in [-0.15, -0.1) is 0 Å². The average Bonchev–Trinajstić information content (AvgIpc) is 2.91. The van der Waals surface area contributed by atoms with Crippen molar-refractivity contribution in [3.05, 3.63) is 35.9 Å². The number of rotatable bonds is 3. The lowest BCUT2D eigenvalue weighted by Gasteiger charge is -2.29. The van der Waals surface area contributed by atoms with Gasteiger partial charge in [0, 0.05) is 12.1 Å². The first kappa shape index (κ1) is 10.8. The zero-order chi connectivity index (χ0) is 11.8. The van der Waals surface area contributed by atoms with Crippen LogP contribution in [0, 0.1) is 0 Å².